The highest BCUT2D eigenvalue weighted by molar-refractivity contribution is 6.03. The zero-order valence-corrected chi connectivity index (χ0v) is 26.3. The molecule has 0 spiro atoms. The van der Waals surface area contributed by atoms with Crippen molar-refractivity contribution in [2.45, 2.75) is 65.1 Å². The molecule has 44 heavy (non-hydrogen) atoms. The maximum absolute atomic E-state index is 14.4. The molecule has 236 valence electrons. The van der Waals surface area contributed by atoms with Crippen molar-refractivity contribution in [1.82, 2.24) is 19.4 Å². The summed E-state index contributed by atoms with van der Waals surface area (Å²) in [5, 5.41) is 10.3. The molecular weight excluding hydrogens is 560 g/mol. The van der Waals surface area contributed by atoms with Crippen molar-refractivity contribution in [2.75, 3.05) is 40.5 Å². The molecule has 1 atom stereocenters. The summed E-state index contributed by atoms with van der Waals surface area (Å²) < 4.78 is 12.1. The first-order valence-corrected chi connectivity index (χ1v) is 15.4. The van der Waals surface area contributed by atoms with Crippen molar-refractivity contribution >= 4 is 17.8 Å². The van der Waals surface area contributed by atoms with Gasteiger partial charge in [-0.1, -0.05) is 51.0 Å². The average Bonchev–Trinajstić information content (AvgIpc) is 3.49. The number of carbonyl (C=O) groups excluding carboxylic acids is 3. The molecule has 2 aromatic carbocycles. The van der Waals surface area contributed by atoms with Crippen LogP contribution in [0.1, 0.15) is 81.9 Å². The van der Waals surface area contributed by atoms with Gasteiger partial charge in [0.05, 0.1) is 37.5 Å². The van der Waals surface area contributed by atoms with Crippen molar-refractivity contribution in [3.05, 3.63) is 76.6 Å². The third-order valence-corrected chi connectivity index (χ3v) is 8.12. The predicted molar refractivity (Wildman–Crippen MR) is 167 cm³/mol. The maximum Gasteiger partial charge on any atom is 0.337 e. The van der Waals surface area contributed by atoms with Crippen molar-refractivity contribution in [1.29, 1.82) is 0 Å². The van der Waals surface area contributed by atoms with Gasteiger partial charge in [-0.25, -0.2) is 9.78 Å². The molecule has 0 bridgehead atoms. The number of ether oxygens (including phenoxy) is 2. The first-order valence-electron chi connectivity index (χ1n) is 15.4. The Morgan fingerprint density at radius 2 is 1.73 bits per heavy atom. The van der Waals surface area contributed by atoms with Gasteiger partial charge in [0.25, 0.3) is 11.8 Å². The fourth-order valence-electron chi connectivity index (χ4n) is 5.57. The molecule has 1 aliphatic heterocycles. The van der Waals surface area contributed by atoms with Gasteiger partial charge >= 0.3 is 5.97 Å². The average molecular weight is 605 g/mol. The number of methoxy groups -OCH3 is 2. The van der Waals surface area contributed by atoms with Gasteiger partial charge < -0.3 is 28.9 Å². The van der Waals surface area contributed by atoms with Crippen LogP contribution < -0.4 is 0 Å². The smallest absolute Gasteiger partial charge is 0.337 e. The van der Waals surface area contributed by atoms with Crippen LogP contribution in [0.4, 0.5) is 0 Å². The molecule has 2 amide bonds. The Kier molecular flexibility index (Phi) is 11.7. The van der Waals surface area contributed by atoms with Crippen LogP contribution in [0.5, 0.6) is 0 Å². The lowest BCUT2D eigenvalue weighted by atomic mass is 9.92. The molecule has 2 heterocycles. The van der Waals surface area contributed by atoms with Gasteiger partial charge in [0.2, 0.25) is 0 Å². The molecule has 3 aromatic rings. The third kappa shape index (κ3) is 7.36. The molecule has 0 fully saturated rings. The van der Waals surface area contributed by atoms with Gasteiger partial charge in [0, 0.05) is 45.0 Å². The molecule has 1 unspecified atom stereocenters. The number of carbonyl (C=O) groups is 3. The Labute approximate surface area is 259 Å². The van der Waals surface area contributed by atoms with E-state index in [2.05, 4.69) is 13.8 Å². The summed E-state index contributed by atoms with van der Waals surface area (Å²) in [6.45, 7) is 6.35. The standard InChI is InChI=1S/C34H44N4O6/c1-5-7-15-36(16-8-6-2)33(41)30-22-37(17-18-43-3)31(35-30)28-14-13-25(34(42)44-4)20-29(28)32(40)38-21-26-12-10-9-11-24(26)19-27(38)23-39/h9-14,20,22,27,39H,5-8,15-19,21,23H2,1-4H3. The van der Waals surface area contributed by atoms with Crippen LogP contribution in [-0.4, -0.2) is 88.8 Å². The van der Waals surface area contributed by atoms with Crippen molar-refractivity contribution in [2.24, 2.45) is 0 Å². The molecule has 0 aliphatic carbocycles. The van der Waals surface area contributed by atoms with E-state index in [0.29, 0.717) is 56.3 Å². The first kappa shape index (κ1) is 32.9. The van der Waals surface area contributed by atoms with E-state index in [1.807, 2.05) is 33.7 Å². The lowest BCUT2D eigenvalue weighted by Gasteiger charge is -2.36. The second-order valence-corrected chi connectivity index (χ2v) is 11.1. The minimum absolute atomic E-state index is 0.156. The lowest BCUT2D eigenvalue weighted by Crippen LogP contribution is -2.46. The highest BCUT2D eigenvalue weighted by Gasteiger charge is 2.33. The van der Waals surface area contributed by atoms with Crippen molar-refractivity contribution in [3.63, 3.8) is 0 Å². The largest absolute Gasteiger partial charge is 0.465 e. The number of fused-ring (bicyclic) bond motifs is 1. The molecule has 10 nitrogen and oxygen atoms in total. The number of hydrogen-bond acceptors (Lipinski definition) is 7. The summed E-state index contributed by atoms with van der Waals surface area (Å²) in [7, 11) is 2.89. The monoisotopic (exact) mass is 604 g/mol. The van der Waals surface area contributed by atoms with E-state index in [1.54, 1.807) is 30.3 Å². The van der Waals surface area contributed by atoms with Gasteiger partial charge in [0.15, 0.2) is 0 Å². The highest BCUT2D eigenvalue weighted by atomic mass is 16.5. The number of amides is 2. The van der Waals surface area contributed by atoms with E-state index in [1.165, 1.54) is 13.2 Å². The molecule has 0 radical (unpaired) electrons. The zero-order chi connectivity index (χ0) is 31.6. The molecule has 0 saturated heterocycles. The van der Waals surface area contributed by atoms with E-state index >= 15 is 0 Å². The van der Waals surface area contributed by atoms with Crippen LogP contribution in [0, 0.1) is 0 Å². The van der Waals surface area contributed by atoms with Crippen molar-refractivity contribution < 1.29 is 29.0 Å². The Hall–Kier alpha value is -4.02. The summed E-state index contributed by atoms with van der Waals surface area (Å²) in [5.74, 6) is -0.652. The quantitative estimate of drug-likeness (QED) is 0.268. The summed E-state index contributed by atoms with van der Waals surface area (Å²) in [4.78, 5) is 49.0. The second kappa shape index (κ2) is 15.6. The first-order chi connectivity index (χ1) is 21.4. The number of aliphatic hydroxyl groups excluding tert-OH is 1. The van der Waals surface area contributed by atoms with Crippen LogP contribution in [0.15, 0.2) is 48.7 Å². The number of benzene rings is 2. The number of unbranched alkanes of at least 4 members (excludes halogenated alkanes) is 2. The zero-order valence-electron chi connectivity index (χ0n) is 26.3. The van der Waals surface area contributed by atoms with Crippen LogP contribution in [0.3, 0.4) is 0 Å². The molecule has 4 rings (SSSR count). The number of aliphatic hydroxyl groups is 1. The Morgan fingerprint density at radius 3 is 2.36 bits per heavy atom. The van der Waals surface area contributed by atoms with Gasteiger partial charge in [-0.2, -0.15) is 0 Å². The van der Waals surface area contributed by atoms with Crippen LogP contribution in [0.25, 0.3) is 11.4 Å². The Bertz CT molecular complexity index is 1440. The number of aromatic nitrogens is 2. The Balaban J connectivity index is 1.81. The minimum Gasteiger partial charge on any atom is -0.465 e. The van der Waals surface area contributed by atoms with E-state index in [0.717, 1.165) is 36.8 Å². The van der Waals surface area contributed by atoms with Crippen LogP contribution in [-0.2, 0) is 29.0 Å². The number of rotatable bonds is 14. The van der Waals surface area contributed by atoms with E-state index in [-0.39, 0.29) is 29.5 Å². The summed E-state index contributed by atoms with van der Waals surface area (Å²) >= 11 is 0. The van der Waals surface area contributed by atoms with Gasteiger partial charge in [0.1, 0.15) is 11.5 Å². The molecular formula is C34H44N4O6. The molecule has 1 aliphatic rings. The topological polar surface area (TPSA) is 114 Å². The lowest BCUT2D eigenvalue weighted by molar-refractivity contribution is 0.0544. The van der Waals surface area contributed by atoms with E-state index in [4.69, 9.17) is 14.5 Å². The minimum atomic E-state index is -0.575. The molecule has 1 N–H and O–H groups in total. The predicted octanol–water partition coefficient (Wildman–Crippen LogP) is 4.58. The van der Waals surface area contributed by atoms with E-state index in [9.17, 15) is 19.5 Å². The summed E-state index contributed by atoms with van der Waals surface area (Å²) in [5.41, 5.74) is 3.32. The SMILES string of the molecule is CCCCN(CCCC)C(=O)c1cn(CCOC)c(-c2ccc(C(=O)OC)cc2C(=O)N2Cc3ccccc3CC2CO)n1. The number of nitrogens with zero attached hydrogens (tertiary/aromatic N) is 4. The van der Waals surface area contributed by atoms with Crippen LogP contribution in [0.2, 0.25) is 0 Å². The third-order valence-electron chi connectivity index (χ3n) is 8.12. The fourth-order valence-corrected chi connectivity index (χ4v) is 5.57. The normalized spacial score (nSPS) is 14.3. The Morgan fingerprint density at radius 1 is 1.02 bits per heavy atom. The number of imidazole rings is 1. The van der Waals surface area contributed by atoms with Gasteiger partial charge in [-0.05, 0) is 48.6 Å². The molecule has 10 heteroatoms. The fraction of sp³-hybridized carbons (Fsp3) is 0.471. The second-order valence-electron chi connectivity index (χ2n) is 11.1. The number of hydrogen-bond donors (Lipinski definition) is 1. The number of esters is 1. The van der Waals surface area contributed by atoms with Crippen molar-refractivity contribution in [3.8, 4) is 11.4 Å². The summed E-state index contributed by atoms with van der Waals surface area (Å²) in [6.07, 6.45) is 5.96. The highest BCUT2D eigenvalue weighted by Crippen LogP contribution is 2.31. The molecule has 1 aromatic heterocycles. The van der Waals surface area contributed by atoms with Gasteiger partial charge in [-0.3, -0.25) is 9.59 Å². The molecule has 0 saturated carbocycles. The van der Waals surface area contributed by atoms with Gasteiger partial charge in [-0.15, -0.1) is 0 Å². The maximum atomic E-state index is 14.4. The van der Waals surface area contributed by atoms with Crippen LogP contribution >= 0.6 is 0 Å². The summed E-state index contributed by atoms with van der Waals surface area (Å²) in [6, 6.07) is 12.2. The van der Waals surface area contributed by atoms with E-state index < -0.39 is 12.0 Å².